The maximum atomic E-state index is 5.22. The lowest BCUT2D eigenvalue weighted by atomic mass is 10.2. The van der Waals surface area contributed by atoms with Gasteiger partial charge in [0.15, 0.2) is 0 Å². The molecule has 0 aromatic carbocycles. The zero-order valence-corrected chi connectivity index (χ0v) is 8.34. The van der Waals surface area contributed by atoms with Crippen LogP contribution in [0.5, 0.6) is 0 Å². The van der Waals surface area contributed by atoms with Crippen molar-refractivity contribution in [2.45, 2.75) is 25.5 Å². The predicted molar refractivity (Wildman–Crippen MR) is 50.4 cm³/mol. The molecule has 0 saturated carbocycles. The highest BCUT2D eigenvalue weighted by Crippen LogP contribution is 2.06. The summed E-state index contributed by atoms with van der Waals surface area (Å²) in [4.78, 5) is 2.38. The zero-order valence-electron chi connectivity index (χ0n) is 8.34. The first-order valence-corrected chi connectivity index (χ1v) is 4.67. The van der Waals surface area contributed by atoms with E-state index in [1.165, 1.54) is 6.42 Å². The third-order valence-corrected chi connectivity index (χ3v) is 2.61. The Kier molecular flexibility index (Phi) is 3.98. The lowest BCUT2D eigenvalue weighted by Crippen LogP contribution is -2.38. The summed E-state index contributed by atoms with van der Waals surface area (Å²) in [5, 5.41) is 3.36. The molecular formula is C9H20N2O. The third kappa shape index (κ3) is 2.73. The molecule has 1 rings (SSSR count). The minimum atomic E-state index is 0.343. The average Bonchev–Trinajstić information content (AvgIpc) is 2.56. The Morgan fingerprint density at radius 1 is 1.67 bits per heavy atom. The average molecular weight is 172 g/mol. The standard InChI is InChI=1S/C9H20N2O/c1-8(12-3)7-11(2)9-4-5-10-6-9/h8-10H,4-7H2,1-3H3. The van der Waals surface area contributed by atoms with Gasteiger partial charge < -0.3 is 10.1 Å². The van der Waals surface area contributed by atoms with Crippen LogP contribution in [0.4, 0.5) is 0 Å². The van der Waals surface area contributed by atoms with E-state index in [4.69, 9.17) is 4.74 Å². The first-order chi connectivity index (χ1) is 5.74. The summed E-state index contributed by atoms with van der Waals surface area (Å²) < 4.78 is 5.22. The van der Waals surface area contributed by atoms with Crippen molar-refractivity contribution in [1.82, 2.24) is 10.2 Å². The summed E-state index contributed by atoms with van der Waals surface area (Å²) in [5.74, 6) is 0. The summed E-state index contributed by atoms with van der Waals surface area (Å²) in [6.45, 7) is 5.44. The van der Waals surface area contributed by atoms with E-state index in [1.54, 1.807) is 7.11 Å². The number of methoxy groups -OCH3 is 1. The molecule has 1 aliphatic rings. The van der Waals surface area contributed by atoms with Gasteiger partial charge in [-0.15, -0.1) is 0 Å². The van der Waals surface area contributed by atoms with Crippen molar-refractivity contribution < 1.29 is 4.74 Å². The van der Waals surface area contributed by atoms with Crippen molar-refractivity contribution >= 4 is 0 Å². The van der Waals surface area contributed by atoms with Crippen molar-refractivity contribution in [3.8, 4) is 0 Å². The third-order valence-electron chi connectivity index (χ3n) is 2.61. The van der Waals surface area contributed by atoms with Gasteiger partial charge in [-0.2, -0.15) is 0 Å². The summed E-state index contributed by atoms with van der Waals surface area (Å²) >= 11 is 0. The largest absolute Gasteiger partial charge is 0.380 e. The number of hydrogen-bond acceptors (Lipinski definition) is 3. The highest BCUT2D eigenvalue weighted by molar-refractivity contribution is 4.79. The van der Waals surface area contributed by atoms with E-state index in [0.717, 1.165) is 19.6 Å². The molecule has 3 heteroatoms. The monoisotopic (exact) mass is 172 g/mol. The predicted octanol–water partition coefficient (Wildman–Crippen LogP) is 0.315. The van der Waals surface area contributed by atoms with Crippen molar-refractivity contribution in [3.05, 3.63) is 0 Å². The van der Waals surface area contributed by atoms with Crippen LogP contribution in [0.3, 0.4) is 0 Å². The van der Waals surface area contributed by atoms with E-state index < -0.39 is 0 Å². The van der Waals surface area contributed by atoms with Gasteiger partial charge in [-0.05, 0) is 26.9 Å². The van der Waals surface area contributed by atoms with Crippen molar-refractivity contribution in [1.29, 1.82) is 0 Å². The Hall–Kier alpha value is -0.120. The molecule has 0 bridgehead atoms. The quantitative estimate of drug-likeness (QED) is 0.661. The maximum Gasteiger partial charge on any atom is 0.0670 e. The number of hydrogen-bond donors (Lipinski definition) is 1. The smallest absolute Gasteiger partial charge is 0.0670 e. The second kappa shape index (κ2) is 4.80. The molecule has 72 valence electrons. The van der Waals surface area contributed by atoms with Crippen molar-refractivity contribution in [2.24, 2.45) is 0 Å². The van der Waals surface area contributed by atoms with Gasteiger partial charge in [0.05, 0.1) is 6.10 Å². The topological polar surface area (TPSA) is 24.5 Å². The van der Waals surface area contributed by atoms with Gasteiger partial charge in [-0.25, -0.2) is 0 Å². The molecule has 1 aliphatic heterocycles. The molecule has 0 radical (unpaired) electrons. The number of nitrogens with one attached hydrogen (secondary N) is 1. The first-order valence-electron chi connectivity index (χ1n) is 4.67. The fourth-order valence-electron chi connectivity index (χ4n) is 1.64. The molecule has 1 heterocycles. The molecule has 1 N–H and O–H groups in total. The summed E-state index contributed by atoms with van der Waals surface area (Å²) in [6, 6.07) is 0.711. The zero-order chi connectivity index (χ0) is 8.97. The fraction of sp³-hybridized carbons (Fsp3) is 1.00. The van der Waals surface area contributed by atoms with Crippen LogP contribution in [0.1, 0.15) is 13.3 Å². The lowest BCUT2D eigenvalue weighted by molar-refractivity contribution is 0.0743. The van der Waals surface area contributed by atoms with E-state index in [2.05, 4.69) is 24.2 Å². The van der Waals surface area contributed by atoms with E-state index in [1.807, 2.05) is 0 Å². The van der Waals surface area contributed by atoms with Crippen molar-refractivity contribution in [2.75, 3.05) is 33.8 Å². The second-order valence-corrected chi connectivity index (χ2v) is 3.63. The molecule has 12 heavy (non-hydrogen) atoms. The van der Waals surface area contributed by atoms with Gasteiger partial charge in [0.2, 0.25) is 0 Å². The van der Waals surface area contributed by atoms with Crippen LogP contribution in [-0.4, -0.2) is 50.8 Å². The van der Waals surface area contributed by atoms with Gasteiger partial charge in [0.1, 0.15) is 0 Å². The molecule has 2 unspecified atom stereocenters. The van der Waals surface area contributed by atoms with Crippen LogP contribution in [0.2, 0.25) is 0 Å². The summed E-state index contributed by atoms with van der Waals surface area (Å²) in [5.41, 5.74) is 0. The molecule has 0 aromatic rings. The van der Waals surface area contributed by atoms with E-state index in [0.29, 0.717) is 12.1 Å². The van der Waals surface area contributed by atoms with Crippen LogP contribution >= 0.6 is 0 Å². The number of rotatable bonds is 4. The Balaban J connectivity index is 2.21. The number of ether oxygens (including phenoxy) is 1. The van der Waals surface area contributed by atoms with Gasteiger partial charge in [0, 0.05) is 26.2 Å². The summed E-state index contributed by atoms with van der Waals surface area (Å²) in [7, 11) is 3.94. The Labute approximate surface area is 75.1 Å². The minimum Gasteiger partial charge on any atom is -0.380 e. The summed E-state index contributed by atoms with van der Waals surface area (Å²) in [6.07, 6.45) is 1.61. The van der Waals surface area contributed by atoms with E-state index in [9.17, 15) is 0 Å². The molecule has 0 spiro atoms. The van der Waals surface area contributed by atoms with Gasteiger partial charge in [-0.1, -0.05) is 0 Å². The Bertz CT molecular complexity index is 124. The van der Waals surface area contributed by atoms with Crippen LogP contribution in [-0.2, 0) is 4.74 Å². The second-order valence-electron chi connectivity index (χ2n) is 3.63. The van der Waals surface area contributed by atoms with Crippen LogP contribution in [0.15, 0.2) is 0 Å². The van der Waals surface area contributed by atoms with E-state index in [-0.39, 0.29) is 0 Å². The molecule has 2 atom stereocenters. The molecule has 0 aromatic heterocycles. The first kappa shape index (κ1) is 9.96. The number of nitrogens with zero attached hydrogens (tertiary/aromatic N) is 1. The fourth-order valence-corrected chi connectivity index (χ4v) is 1.64. The van der Waals surface area contributed by atoms with Gasteiger partial charge >= 0.3 is 0 Å². The highest BCUT2D eigenvalue weighted by Gasteiger charge is 2.19. The lowest BCUT2D eigenvalue weighted by Gasteiger charge is -2.25. The molecule has 0 amide bonds. The maximum absolute atomic E-state index is 5.22. The highest BCUT2D eigenvalue weighted by atomic mass is 16.5. The van der Waals surface area contributed by atoms with Crippen LogP contribution in [0, 0.1) is 0 Å². The van der Waals surface area contributed by atoms with Crippen LogP contribution < -0.4 is 5.32 Å². The number of likely N-dealkylation sites (N-methyl/N-ethyl adjacent to an activating group) is 1. The SMILES string of the molecule is COC(C)CN(C)C1CCNC1. The minimum absolute atomic E-state index is 0.343. The van der Waals surface area contributed by atoms with Gasteiger partial charge in [0.25, 0.3) is 0 Å². The Morgan fingerprint density at radius 3 is 2.92 bits per heavy atom. The Morgan fingerprint density at radius 2 is 2.42 bits per heavy atom. The van der Waals surface area contributed by atoms with E-state index >= 15 is 0 Å². The van der Waals surface area contributed by atoms with Crippen LogP contribution in [0.25, 0.3) is 0 Å². The molecule has 1 fully saturated rings. The normalized spacial score (nSPS) is 26.5. The molecular weight excluding hydrogens is 152 g/mol. The molecule has 3 nitrogen and oxygen atoms in total. The van der Waals surface area contributed by atoms with Gasteiger partial charge in [-0.3, -0.25) is 4.90 Å². The van der Waals surface area contributed by atoms with Crippen molar-refractivity contribution in [3.63, 3.8) is 0 Å². The molecule has 0 aliphatic carbocycles. The molecule has 1 saturated heterocycles.